The van der Waals surface area contributed by atoms with Gasteiger partial charge in [-0.2, -0.15) is 0 Å². The Balaban J connectivity index is 1.17. The zero-order valence-corrected chi connectivity index (χ0v) is 27.5. The fraction of sp³-hybridized carbons (Fsp3) is 0. The number of hydrogen-bond acceptors (Lipinski definition) is 4. The third-order valence-electron chi connectivity index (χ3n) is 9.72. The van der Waals surface area contributed by atoms with Crippen molar-refractivity contribution in [2.75, 3.05) is 0 Å². The van der Waals surface area contributed by atoms with Gasteiger partial charge in [0, 0.05) is 32.8 Å². The summed E-state index contributed by atoms with van der Waals surface area (Å²) < 4.78 is 6.69. The smallest absolute Gasteiger partial charge is 0.164 e. The van der Waals surface area contributed by atoms with Crippen molar-refractivity contribution in [2.24, 2.45) is 0 Å². The van der Waals surface area contributed by atoms with Crippen molar-refractivity contribution in [1.82, 2.24) is 15.0 Å². The predicted molar refractivity (Wildman–Crippen MR) is 209 cm³/mol. The number of hydrogen-bond donors (Lipinski definition) is 0. The van der Waals surface area contributed by atoms with Gasteiger partial charge in [0.05, 0.1) is 0 Å². The van der Waals surface area contributed by atoms with Crippen LogP contribution in [-0.4, -0.2) is 15.0 Å². The molecule has 10 aromatic rings. The van der Waals surface area contributed by atoms with Crippen molar-refractivity contribution in [2.45, 2.75) is 0 Å². The molecule has 0 spiro atoms. The third kappa shape index (κ3) is 5.04. The van der Waals surface area contributed by atoms with Crippen LogP contribution in [0.5, 0.6) is 0 Å². The van der Waals surface area contributed by atoms with Gasteiger partial charge in [-0.05, 0) is 62.7 Å². The van der Waals surface area contributed by atoms with Gasteiger partial charge in [-0.1, -0.05) is 152 Å². The number of benzene rings is 8. The van der Waals surface area contributed by atoms with Crippen molar-refractivity contribution >= 4 is 43.5 Å². The van der Waals surface area contributed by atoms with E-state index in [1.807, 2.05) is 72.8 Å². The van der Waals surface area contributed by atoms with E-state index in [1.54, 1.807) is 0 Å². The monoisotopic (exact) mass is 651 g/mol. The van der Waals surface area contributed by atoms with Crippen LogP contribution in [0.3, 0.4) is 0 Å². The van der Waals surface area contributed by atoms with Crippen molar-refractivity contribution in [1.29, 1.82) is 0 Å². The standard InChI is InChI=1S/C47H29N3O/c1-3-13-33(14-4-1)45-48-46(34-15-5-2-6-16-34)50-47(49-45)36-26-27-42-41(29-36)43-40(28-35-17-8-10-20-39(35)44(43)51-42)32-24-22-31(23-25-32)38-21-11-18-30-12-7-9-19-37(30)38/h1-29H. The van der Waals surface area contributed by atoms with Gasteiger partial charge in [0.1, 0.15) is 11.2 Å². The lowest BCUT2D eigenvalue weighted by Crippen LogP contribution is -2.00. The molecule has 0 aliphatic rings. The van der Waals surface area contributed by atoms with Crippen molar-refractivity contribution in [3.63, 3.8) is 0 Å². The number of furan rings is 1. The number of aromatic nitrogens is 3. The second-order valence-electron chi connectivity index (χ2n) is 12.8. The Bertz CT molecular complexity index is 2830. The SMILES string of the molecule is c1ccc(-c2nc(-c3ccccc3)nc(-c3ccc4oc5c6ccccc6cc(-c6ccc(-c7cccc8ccccc78)cc6)c5c4c3)n2)cc1. The summed E-state index contributed by atoms with van der Waals surface area (Å²) in [7, 11) is 0. The molecule has 2 aromatic heterocycles. The van der Waals surface area contributed by atoms with Gasteiger partial charge in [0.2, 0.25) is 0 Å². The highest BCUT2D eigenvalue weighted by molar-refractivity contribution is 6.21. The van der Waals surface area contributed by atoms with Crippen LogP contribution in [0.2, 0.25) is 0 Å². The molecule has 0 aliphatic carbocycles. The minimum absolute atomic E-state index is 0.612. The van der Waals surface area contributed by atoms with E-state index in [1.165, 1.54) is 21.9 Å². The minimum Gasteiger partial charge on any atom is -0.455 e. The Labute approximate surface area is 294 Å². The lowest BCUT2D eigenvalue weighted by Gasteiger charge is -2.11. The fourth-order valence-electron chi connectivity index (χ4n) is 7.22. The van der Waals surface area contributed by atoms with Crippen LogP contribution in [0.1, 0.15) is 0 Å². The van der Waals surface area contributed by atoms with E-state index >= 15 is 0 Å². The molecule has 0 saturated carbocycles. The Kier molecular flexibility index (Phi) is 6.78. The summed E-state index contributed by atoms with van der Waals surface area (Å²) in [6.45, 7) is 0. The second-order valence-corrected chi connectivity index (χ2v) is 12.8. The van der Waals surface area contributed by atoms with E-state index in [-0.39, 0.29) is 0 Å². The average molecular weight is 652 g/mol. The van der Waals surface area contributed by atoms with Gasteiger partial charge in [-0.25, -0.2) is 15.0 Å². The molecule has 51 heavy (non-hydrogen) atoms. The molecule has 4 heteroatoms. The van der Waals surface area contributed by atoms with Crippen LogP contribution >= 0.6 is 0 Å². The Morgan fingerprint density at radius 1 is 0.333 bits per heavy atom. The summed E-state index contributed by atoms with van der Waals surface area (Å²) in [5, 5.41) is 6.79. The van der Waals surface area contributed by atoms with Crippen LogP contribution in [-0.2, 0) is 0 Å². The van der Waals surface area contributed by atoms with Crippen LogP contribution in [0.15, 0.2) is 180 Å². The fourth-order valence-corrected chi connectivity index (χ4v) is 7.22. The molecular formula is C47H29N3O. The van der Waals surface area contributed by atoms with Crippen LogP contribution in [0.25, 0.3) is 99.9 Å². The first-order valence-electron chi connectivity index (χ1n) is 17.1. The maximum Gasteiger partial charge on any atom is 0.164 e. The summed E-state index contributed by atoms with van der Waals surface area (Å²) >= 11 is 0. The van der Waals surface area contributed by atoms with Crippen molar-refractivity contribution in [3.05, 3.63) is 176 Å². The number of rotatable bonds is 5. The van der Waals surface area contributed by atoms with Gasteiger partial charge in [-0.15, -0.1) is 0 Å². The van der Waals surface area contributed by atoms with Crippen LogP contribution in [0, 0.1) is 0 Å². The molecule has 0 radical (unpaired) electrons. The number of fused-ring (bicyclic) bond motifs is 6. The molecule has 0 N–H and O–H groups in total. The van der Waals surface area contributed by atoms with Gasteiger partial charge in [0.25, 0.3) is 0 Å². The Morgan fingerprint density at radius 2 is 0.863 bits per heavy atom. The maximum atomic E-state index is 6.69. The first kappa shape index (κ1) is 29.0. The first-order valence-corrected chi connectivity index (χ1v) is 17.1. The molecule has 0 aliphatic heterocycles. The van der Waals surface area contributed by atoms with Crippen LogP contribution < -0.4 is 0 Å². The summed E-state index contributed by atoms with van der Waals surface area (Å²) in [6.07, 6.45) is 0. The quantitative estimate of drug-likeness (QED) is 0.186. The van der Waals surface area contributed by atoms with E-state index in [4.69, 9.17) is 19.4 Å². The van der Waals surface area contributed by atoms with E-state index in [2.05, 4.69) is 103 Å². The molecule has 0 saturated heterocycles. The number of nitrogens with zero attached hydrogens (tertiary/aromatic N) is 3. The predicted octanol–water partition coefficient (Wildman–Crippen LogP) is 12.4. The Morgan fingerprint density at radius 3 is 1.55 bits per heavy atom. The van der Waals surface area contributed by atoms with Gasteiger partial charge < -0.3 is 4.42 Å². The molecule has 0 bridgehead atoms. The van der Waals surface area contributed by atoms with Crippen molar-refractivity contribution in [3.8, 4) is 56.4 Å². The molecule has 238 valence electrons. The Hall–Kier alpha value is -6.91. The first-order chi connectivity index (χ1) is 25.3. The largest absolute Gasteiger partial charge is 0.455 e. The highest BCUT2D eigenvalue weighted by Crippen LogP contribution is 2.43. The second kappa shape index (κ2) is 11.9. The lowest BCUT2D eigenvalue weighted by molar-refractivity contribution is 0.673. The van der Waals surface area contributed by atoms with Gasteiger partial charge in [-0.3, -0.25) is 0 Å². The third-order valence-corrected chi connectivity index (χ3v) is 9.72. The normalized spacial score (nSPS) is 11.5. The molecule has 10 rings (SSSR count). The van der Waals surface area contributed by atoms with Crippen molar-refractivity contribution < 1.29 is 4.42 Å². The lowest BCUT2D eigenvalue weighted by atomic mass is 9.93. The van der Waals surface area contributed by atoms with Gasteiger partial charge in [0.15, 0.2) is 17.5 Å². The highest BCUT2D eigenvalue weighted by Gasteiger charge is 2.19. The molecule has 8 aromatic carbocycles. The minimum atomic E-state index is 0.612. The topological polar surface area (TPSA) is 51.8 Å². The molecule has 0 atom stereocenters. The molecule has 0 fully saturated rings. The molecule has 0 amide bonds. The summed E-state index contributed by atoms with van der Waals surface area (Å²) in [5.74, 6) is 1.88. The highest BCUT2D eigenvalue weighted by atomic mass is 16.3. The van der Waals surface area contributed by atoms with Crippen LogP contribution in [0.4, 0.5) is 0 Å². The zero-order valence-electron chi connectivity index (χ0n) is 27.5. The summed E-state index contributed by atoms with van der Waals surface area (Å²) in [4.78, 5) is 14.9. The van der Waals surface area contributed by atoms with E-state index < -0.39 is 0 Å². The summed E-state index contributed by atoms with van der Waals surface area (Å²) in [6, 6.07) is 61.1. The zero-order chi connectivity index (χ0) is 33.7. The molecule has 0 unspecified atom stereocenters. The van der Waals surface area contributed by atoms with E-state index in [0.717, 1.165) is 60.5 Å². The van der Waals surface area contributed by atoms with E-state index in [0.29, 0.717) is 17.5 Å². The summed E-state index contributed by atoms with van der Waals surface area (Å²) in [5.41, 5.74) is 9.12. The van der Waals surface area contributed by atoms with E-state index in [9.17, 15) is 0 Å². The average Bonchev–Trinajstić information content (AvgIpc) is 3.60. The molecular weight excluding hydrogens is 623 g/mol. The molecule has 2 heterocycles. The molecule has 4 nitrogen and oxygen atoms in total. The van der Waals surface area contributed by atoms with Gasteiger partial charge >= 0.3 is 0 Å². The maximum absolute atomic E-state index is 6.69.